The number of amides is 1. The Kier molecular flexibility index (Phi) is 4.23. The van der Waals surface area contributed by atoms with Crippen LogP contribution < -0.4 is 11.1 Å². The Morgan fingerprint density at radius 1 is 1.14 bits per heavy atom. The number of hydrogen-bond donors (Lipinski definition) is 2. The van der Waals surface area contributed by atoms with Crippen LogP contribution in [0.25, 0.3) is 0 Å². The molecule has 0 aliphatic rings. The summed E-state index contributed by atoms with van der Waals surface area (Å²) < 4.78 is 37.5. The van der Waals surface area contributed by atoms with Crippen molar-refractivity contribution >= 4 is 27.1 Å². The molecule has 0 aliphatic heterocycles. The Bertz CT molecular complexity index is 775. The Morgan fingerprint density at radius 2 is 1.86 bits per heavy atom. The maximum atomic E-state index is 13.5. The molecule has 21 heavy (non-hydrogen) atoms. The van der Waals surface area contributed by atoms with Crippen LogP contribution in [0, 0.1) is 5.82 Å². The summed E-state index contributed by atoms with van der Waals surface area (Å²) in [5, 5.41) is 2.41. The van der Waals surface area contributed by atoms with Gasteiger partial charge in [0.25, 0.3) is 0 Å². The maximum absolute atomic E-state index is 13.5. The number of halogens is 1. The van der Waals surface area contributed by atoms with Gasteiger partial charge in [-0.25, -0.2) is 12.8 Å². The summed E-state index contributed by atoms with van der Waals surface area (Å²) in [5.41, 5.74) is 6.37. The van der Waals surface area contributed by atoms with Gasteiger partial charge in [0.2, 0.25) is 5.91 Å². The van der Waals surface area contributed by atoms with E-state index in [1.165, 1.54) is 18.2 Å². The second-order valence-corrected chi connectivity index (χ2v) is 6.32. The first-order valence-electron chi connectivity index (χ1n) is 6.01. The number of carbonyl (C=O) groups is 1. The predicted octanol–water partition coefficient (Wildman–Crippen LogP) is 1.82. The van der Waals surface area contributed by atoms with E-state index in [0.29, 0.717) is 11.4 Å². The van der Waals surface area contributed by atoms with Crippen molar-refractivity contribution < 1.29 is 17.6 Å². The summed E-state index contributed by atoms with van der Waals surface area (Å²) in [5.74, 6) is -2.49. The minimum Gasteiger partial charge on any atom is -0.399 e. The lowest BCUT2D eigenvalue weighted by Gasteiger charge is -2.07. The summed E-state index contributed by atoms with van der Waals surface area (Å²) in [4.78, 5) is 11.3. The monoisotopic (exact) mass is 308 g/mol. The van der Waals surface area contributed by atoms with Crippen molar-refractivity contribution in [3.8, 4) is 0 Å². The molecule has 2 rings (SSSR count). The first kappa shape index (κ1) is 15.0. The summed E-state index contributed by atoms with van der Waals surface area (Å²) >= 11 is 0. The van der Waals surface area contributed by atoms with E-state index in [9.17, 15) is 17.6 Å². The summed E-state index contributed by atoms with van der Waals surface area (Å²) in [6.45, 7) is 0. The molecule has 1 amide bonds. The largest absolute Gasteiger partial charge is 0.399 e. The second kappa shape index (κ2) is 5.92. The van der Waals surface area contributed by atoms with E-state index in [-0.39, 0.29) is 0 Å². The van der Waals surface area contributed by atoms with Crippen LogP contribution in [-0.2, 0) is 14.6 Å². The Balaban J connectivity index is 2.14. The fourth-order valence-corrected chi connectivity index (χ4v) is 2.98. The van der Waals surface area contributed by atoms with Gasteiger partial charge in [0.05, 0.1) is 0 Å². The van der Waals surface area contributed by atoms with Crippen molar-refractivity contribution in [2.24, 2.45) is 0 Å². The molecule has 0 unspecified atom stereocenters. The molecule has 0 atom stereocenters. The minimum atomic E-state index is -4.04. The van der Waals surface area contributed by atoms with Crippen LogP contribution in [0.15, 0.2) is 53.4 Å². The highest BCUT2D eigenvalue weighted by Crippen LogP contribution is 2.16. The lowest BCUT2D eigenvalue weighted by molar-refractivity contribution is -0.113. The minimum absolute atomic E-state index is 0.378. The number of anilines is 2. The Morgan fingerprint density at radius 3 is 2.52 bits per heavy atom. The number of rotatable bonds is 4. The third-order valence-electron chi connectivity index (χ3n) is 2.66. The molecule has 0 aromatic heterocycles. The zero-order valence-corrected chi connectivity index (χ0v) is 11.7. The Labute approximate surface area is 121 Å². The molecular weight excluding hydrogens is 295 g/mol. The fourth-order valence-electron chi connectivity index (χ4n) is 1.76. The number of benzene rings is 2. The smallest absolute Gasteiger partial charge is 0.239 e. The SMILES string of the molecule is Nc1cccc(NC(=O)CS(=O)(=O)c2ccccc2F)c1. The van der Waals surface area contributed by atoms with E-state index in [0.717, 1.165) is 12.1 Å². The summed E-state index contributed by atoms with van der Waals surface area (Å²) in [6.07, 6.45) is 0. The molecule has 0 saturated carbocycles. The van der Waals surface area contributed by atoms with Crippen molar-refractivity contribution in [3.05, 3.63) is 54.3 Å². The van der Waals surface area contributed by atoms with Gasteiger partial charge in [0, 0.05) is 11.4 Å². The van der Waals surface area contributed by atoms with Crippen LogP contribution in [0.3, 0.4) is 0 Å². The lowest BCUT2D eigenvalue weighted by atomic mass is 10.3. The van der Waals surface area contributed by atoms with Gasteiger partial charge in [0.1, 0.15) is 16.5 Å². The molecule has 3 N–H and O–H groups in total. The molecule has 2 aromatic carbocycles. The normalized spacial score (nSPS) is 11.1. The molecule has 0 saturated heterocycles. The van der Waals surface area contributed by atoms with Crippen LogP contribution in [-0.4, -0.2) is 20.1 Å². The van der Waals surface area contributed by atoms with E-state index in [4.69, 9.17) is 5.73 Å². The molecule has 0 bridgehead atoms. The van der Waals surface area contributed by atoms with E-state index in [2.05, 4.69) is 5.32 Å². The van der Waals surface area contributed by atoms with Gasteiger partial charge < -0.3 is 11.1 Å². The molecule has 5 nitrogen and oxygen atoms in total. The molecular formula is C14H13FN2O3S. The first-order valence-corrected chi connectivity index (χ1v) is 7.66. The maximum Gasteiger partial charge on any atom is 0.239 e. The number of nitrogen functional groups attached to an aromatic ring is 1. The highest BCUT2D eigenvalue weighted by molar-refractivity contribution is 7.92. The standard InChI is InChI=1S/C14H13FN2O3S/c15-12-6-1-2-7-13(12)21(19,20)9-14(18)17-11-5-3-4-10(16)8-11/h1-8H,9,16H2,(H,17,18). The van der Waals surface area contributed by atoms with Crippen molar-refractivity contribution in [1.29, 1.82) is 0 Å². The molecule has 0 spiro atoms. The quantitative estimate of drug-likeness (QED) is 0.843. The lowest BCUT2D eigenvalue weighted by Crippen LogP contribution is -2.23. The van der Waals surface area contributed by atoms with Crippen LogP contribution in [0.4, 0.5) is 15.8 Å². The molecule has 0 fully saturated rings. The van der Waals surface area contributed by atoms with Gasteiger partial charge >= 0.3 is 0 Å². The van der Waals surface area contributed by atoms with Crippen molar-refractivity contribution in [3.63, 3.8) is 0 Å². The molecule has 110 valence electrons. The van der Waals surface area contributed by atoms with Crippen molar-refractivity contribution in [2.45, 2.75) is 4.90 Å². The Hall–Kier alpha value is -2.41. The van der Waals surface area contributed by atoms with Gasteiger partial charge in [-0.15, -0.1) is 0 Å². The average Bonchev–Trinajstić information content (AvgIpc) is 2.38. The molecule has 7 heteroatoms. The summed E-state index contributed by atoms with van der Waals surface area (Å²) in [7, 11) is -4.04. The molecule has 0 aliphatic carbocycles. The third-order valence-corrected chi connectivity index (χ3v) is 4.31. The van der Waals surface area contributed by atoms with E-state index < -0.39 is 32.2 Å². The highest BCUT2D eigenvalue weighted by atomic mass is 32.2. The molecule has 2 aromatic rings. The number of nitrogens with two attached hydrogens (primary N) is 1. The van der Waals surface area contributed by atoms with E-state index >= 15 is 0 Å². The van der Waals surface area contributed by atoms with Gasteiger partial charge in [-0.1, -0.05) is 18.2 Å². The number of nitrogens with one attached hydrogen (secondary N) is 1. The second-order valence-electron chi connectivity index (χ2n) is 4.36. The van der Waals surface area contributed by atoms with Crippen LogP contribution in [0.2, 0.25) is 0 Å². The van der Waals surface area contributed by atoms with Crippen LogP contribution in [0.5, 0.6) is 0 Å². The van der Waals surface area contributed by atoms with E-state index in [1.807, 2.05) is 0 Å². The predicted molar refractivity (Wildman–Crippen MR) is 77.9 cm³/mol. The molecule has 0 heterocycles. The number of carbonyl (C=O) groups excluding carboxylic acids is 1. The third kappa shape index (κ3) is 3.79. The number of hydrogen-bond acceptors (Lipinski definition) is 4. The van der Waals surface area contributed by atoms with Gasteiger partial charge in [-0.2, -0.15) is 0 Å². The van der Waals surface area contributed by atoms with E-state index in [1.54, 1.807) is 18.2 Å². The number of sulfone groups is 1. The fraction of sp³-hybridized carbons (Fsp3) is 0.0714. The van der Waals surface area contributed by atoms with Crippen LogP contribution in [0.1, 0.15) is 0 Å². The van der Waals surface area contributed by atoms with Gasteiger partial charge in [-0.05, 0) is 30.3 Å². The molecule has 0 radical (unpaired) electrons. The zero-order chi connectivity index (χ0) is 15.5. The topological polar surface area (TPSA) is 89.3 Å². The summed E-state index contributed by atoms with van der Waals surface area (Å²) in [6, 6.07) is 11.2. The van der Waals surface area contributed by atoms with Crippen molar-refractivity contribution in [1.82, 2.24) is 0 Å². The average molecular weight is 308 g/mol. The highest BCUT2D eigenvalue weighted by Gasteiger charge is 2.22. The zero-order valence-electron chi connectivity index (χ0n) is 10.9. The first-order chi connectivity index (χ1) is 9.88. The van der Waals surface area contributed by atoms with Gasteiger partial charge in [0.15, 0.2) is 9.84 Å². The van der Waals surface area contributed by atoms with Crippen LogP contribution >= 0.6 is 0 Å². The van der Waals surface area contributed by atoms with Gasteiger partial charge in [-0.3, -0.25) is 4.79 Å². The van der Waals surface area contributed by atoms with Crippen molar-refractivity contribution in [2.75, 3.05) is 16.8 Å².